The average molecular weight is 326 g/mol. The van der Waals surface area contributed by atoms with Crippen LogP contribution in [0, 0.1) is 13.8 Å². The highest BCUT2D eigenvalue weighted by atomic mass is 16.5. The van der Waals surface area contributed by atoms with Crippen LogP contribution in [0.5, 0.6) is 0 Å². The molecule has 126 valence electrons. The fourth-order valence-electron chi connectivity index (χ4n) is 2.77. The first kappa shape index (κ1) is 16.3. The van der Waals surface area contributed by atoms with E-state index in [1.54, 1.807) is 13.8 Å². The van der Waals surface area contributed by atoms with Crippen molar-refractivity contribution in [2.45, 2.75) is 20.4 Å². The van der Waals surface area contributed by atoms with Gasteiger partial charge < -0.3 is 19.3 Å². The molecule has 1 amide bonds. The Hall–Kier alpha value is -2.60. The molecule has 0 radical (unpaired) electrons. The molecule has 0 unspecified atom stereocenters. The van der Waals surface area contributed by atoms with Crippen molar-refractivity contribution < 1.29 is 9.32 Å². The standard InChI is InChI=1S/C18H22N4O2/c1-12-17(13(2)24-20-12)18(23)19-15-6-5-14-7-8-22(16(14)11-15)10-9-21(3)4/h5-8,11H,9-10H2,1-4H3,(H,19,23). The van der Waals surface area contributed by atoms with Gasteiger partial charge in [0.15, 0.2) is 0 Å². The molecule has 1 aromatic carbocycles. The van der Waals surface area contributed by atoms with Crippen molar-refractivity contribution in [2.24, 2.45) is 0 Å². The van der Waals surface area contributed by atoms with Crippen molar-refractivity contribution in [1.82, 2.24) is 14.6 Å². The third-order valence-corrected chi connectivity index (χ3v) is 4.08. The monoisotopic (exact) mass is 326 g/mol. The van der Waals surface area contributed by atoms with Crippen molar-refractivity contribution in [1.29, 1.82) is 0 Å². The molecule has 3 rings (SSSR count). The van der Waals surface area contributed by atoms with E-state index in [9.17, 15) is 4.79 Å². The Balaban J connectivity index is 1.85. The van der Waals surface area contributed by atoms with Gasteiger partial charge >= 0.3 is 0 Å². The van der Waals surface area contributed by atoms with Gasteiger partial charge in [0.1, 0.15) is 11.3 Å². The summed E-state index contributed by atoms with van der Waals surface area (Å²) in [7, 11) is 4.11. The van der Waals surface area contributed by atoms with E-state index in [4.69, 9.17) is 4.52 Å². The van der Waals surface area contributed by atoms with Gasteiger partial charge in [-0.3, -0.25) is 4.79 Å². The number of nitrogens with one attached hydrogen (secondary N) is 1. The normalized spacial score (nSPS) is 11.4. The summed E-state index contributed by atoms with van der Waals surface area (Å²) >= 11 is 0. The maximum absolute atomic E-state index is 12.5. The van der Waals surface area contributed by atoms with Crippen molar-refractivity contribution in [3.63, 3.8) is 0 Å². The van der Waals surface area contributed by atoms with Crippen LogP contribution in [0.3, 0.4) is 0 Å². The number of aryl methyl sites for hydroxylation is 2. The number of fused-ring (bicyclic) bond motifs is 1. The van der Waals surface area contributed by atoms with Crippen LogP contribution in [0.1, 0.15) is 21.8 Å². The first-order chi connectivity index (χ1) is 11.5. The number of rotatable bonds is 5. The van der Waals surface area contributed by atoms with Crippen LogP contribution >= 0.6 is 0 Å². The lowest BCUT2D eigenvalue weighted by Gasteiger charge is -2.12. The molecule has 3 aromatic rings. The molecule has 0 fully saturated rings. The molecule has 24 heavy (non-hydrogen) atoms. The number of likely N-dealkylation sites (N-methyl/N-ethyl adjacent to an activating group) is 1. The van der Waals surface area contributed by atoms with Gasteiger partial charge in [0.25, 0.3) is 5.91 Å². The molecule has 6 nitrogen and oxygen atoms in total. The number of carbonyl (C=O) groups is 1. The molecule has 1 N–H and O–H groups in total. The Morgan fingerprint density at radius 1 is 1.29 bits per heavy atom. The molecular formula is C18H22N4O2. The number of nitrogens with zero attached hydrogens (tertiary/aromatic N) is 3. The third-order valence-electron chi connectivity index (χ3n) is 4.08. The second kappa shape index (κ2) is 6.49. The summed E-state index contributed by atoms with van der Waals surface area (Å²) in [5.41, 5.74) is 2.96. The highest BCUT2D eigenvalue weighted by Crippen LogP contribution is 2.22. The second-order valence-corrected chi connectivity index (χ2v) is 6.24. The van der Waals surface area contributed by atoms with Crippen LogP contribution in [0.25, 0.3) is 10.9 Å². The van der Waals surface area contributed by atoms with Gasteiger partial charge in [0.2, 0.25) is 0 Å². The molecule has 0 atom stereocenters. The quantitative estimate of drug-likeness (QED) is 0.783. The Morgan fingerprint density at radius 2 is 2.08 bits per heavy atom. The lowest BCUT2D eigenvalue weighted by molar-refractivity contribution is 0.102. The fraction of sp³-hybridized carbons (Fsp3) is 0.333. The van der Waals surface area contributed by atoms with Gasteiger partial charge in [-0.1, -0.05) is 11.2 Å². The van der Waals surface area contributed by atoms with E-state index in [-0.39, 0.29) is 5.91 Å². The summed E-state index contributed by atoms with van der Waals surface area (Å²) in [5.74, 6) is 0.331. The van der Waals surface area contributed by atoms with E-state index in [0.29, 0.717) is 17.0 Å². The minimum atomic E-state index is -0.197. The van der Waals surface area contributed by atoms with E-state index in [0.717, 1.165) is 29.7 Å². The van der Waals surface area contributed by atoms with Gasteiger partial charge in [-0.2, -0.15) is 0 Å². The number of anilines is 1. The van der Waals surface area contributed by atoms with Crippen LogP contribution in [0.15, 0.2) is 35.0 Å². The average Bonchev–Trinajstić information content (AvgIpc) is 3.08. The Kier molecular flexibility index (Phi) is 4.40. The van der Waals surface area contributed by atoms with E-state index in [1.807, 2.05) is 18.2 Å². The lowest BCUT2D eigenvalue weighted by atomic mass is 10.2. The Labute approximate surface area is 141 Å². The van der Waals surface area contributed by atoms with Crippen molar-refractivity contribution in [2.75, 3.05) is 26.0 Å². The second-order valence-electron chi connectivity index (χ2n) is 6.24. The highest BCUT2D eigenvalue weighted by molar-refractivity contribution is 6.06. The number of aromatic nitrogens is 2. The van der Waals surface area contributed by atoms with Crippen molar-refractivity contribution >= 4 is 22.5 Å². The molecule has 0 saturated heterocycles. The first-order valence-corrected chi connectivity index (χ1v) is 7.93. The van der Waals surface area contributed by atoms with E-state index in [1.165, 1.54) is 0 Å². The van der Waals surface area contributed by atoms with Crippen LogP contribution in [0.4, 0.5) is 5.69 Å². The largest absolute Gasteiger partial charge is 0.361 e. The topological polar surface area (TPSA) is 63.3 Å². The summed E-state index contributed by atoms with van der Waals surface area (Å²) in [5, 5.41) is 7.92. The number of amides is 1. The molecule has 2 heterocycles. The van der Waals surface area contributed by atoms with Crippen LogP contribution in [-0.2, 0) is 6.54 Å². The fourth-order valence-corrected chi connectivity index (χ4v) is 2.77. The maximum atomic E-state index is 12.5. The molecule has 0 saturated carbocycles. The predicted octanol–water partition coefficient (Wildman–Crippen LogP) is 3.06. The summed E-state index contributed by atoms with van der Waals surface area (Å²) in [6, 6.07) is 8.02. The zero-order chi connectivity index (χ0) is 17.3. The smallest absolute Gasteiger partial charge is 0.261 e. The van der Waals surface area contributed by atoms with Crippen molar-refractivity contribution in [3.05, 3.63) is 47.5 Å². The van der Waals surface area contributed by atoms with Crippen molar-refractivity contribution in [3.8, 4) is 0 Å². The highest BCUT2D eigenvalue weighted by Gasteiger charge is 2.17. The first-order valence-electron chi connectivity index (χ1n) is 7.93. The summed E-state index contributed by atoms with van der Waals surface area (Å²) < 4.78 is 7.26. The minimum absolute atomic E-state index is 0.197. The third kappa shape index (κ3) is 3.19. The number of benzene rings is 1. The molecule has 0 spiro atoms. The molecular weight excluding hydrogens is 304 g/mol. The molecule has 0 aliphatic heterocycles. The van der Waals surface area contributed by atoms with E-state index < -0.39 is 0 Å². The Morgan fingerprint density at radius 3 is 2.75 bits per heavy atom. The van der Waals surface area contributed by atoms with Gasteiger partial charge in [0.05, 0.1) is 11.2 Å². The summed E-state index contributed by atoms with van der Waals surface area (Å²) in [6.45, 7) is 5.36. The molecule has 0 aliphatic rings. The zero-order valence-electron chi connectivity index (χ0n) is 14.5. The summed E-state index contributed by atoms with van der Waals surface area (Å²) in [6.07, 6.45) is 2.08. The zero-order valence-corrected chi connectivity index (χ0v) is 14.5. The number of carbonyl (C=O) groups excluding carboxylic acids is 1. The number of hydrogen-bond acceptors (Lipinski definition) is 4. The van der Waals surface area contributed by atoms with Crippen LogP contribution < -0.4 is 5.32 Å². The van der Waals surface area contributed by atoms with Gasteiger partial charge in [0, 0.05) is 25.0 Å². The minimum Gasteiger partial charge on any atom is -0.361 e. The van der Waals surface area contributed by atoms with E-state index in [2.05, 4.69) is 46.3 Å². The molecule has 6 heteroatoms. The van der Waals surface area contributed by atoms with Gasteiger partial charge in [-0.15, -0.1) is 0 Å². The van der Waals surface area contributed by atoms with Crippen LogP contribution in [0.2, 0.25) is 0 Å². The molecule has 0 bridgehead atoms. The number of hydrogen-bond donors (Lipinski definition) is 1. The van der Waals surface area contributed by atoms with E-state index >= 15 is 0 Å². The van der Waals surface area contributed by atoms with Crippen LogP contribution in [-0.4, -0.2) is 41.2 Å². The summed E-state index contributed by atoms with van der Waals surface area (Å²) in [4.78, 5) is 14.6. The molecule has 2 aromatic heterocycles. The lowest BCUT2D eigenvalue weighted by Crippen LogP contribution is -2.18. The maximum Gasteiger partial charge on any atom is 0.261 e. The van der Waals surface area contributed by atoms with Gasteiger partial charge in [-0.05, 0) is 51.5 Å². The SMILES string of the molecule is Cc1noc(C)c1C(=O)Nc1ccc2ccn(CCN(C)C)c2c1. The molecule has 0 aliphatic carbocycles. The van der Waals surface area contributed by atoms with Gasteiger partial charge in [-0.25, -0.2) is 0 Å². The predicted molar refractivity (Wildman–Crippen MR) is 94.4 cm³/mol. The Bertz CT molecular complexity index is 857.